The zero-order chi connectivity index (χ0) is 30.4. The maximum Gasteiger partial charge on any atom is 0.573 e. The number of ether oxygens (including phenoxy) is 2. The molecule has 1 aliphatic heterocycles. The van der Waals surface area contributed by atoms with Crippen LogP contribution in [0.1, 0.15) is 23.2 Å². The van der Waals surface area contributed by atoms with Crippen molar-refractivity contribution in [1.29, 1.82) is 0 Å². The van der Waals surface area contributed by atoms with Gasteiger partial charge in [-0.25, -0.2) is 9.37 Å². The maximum absolute atomic E-state index is 14.6. The number of amides is 1. The number of nitrogens with zero attached hydrogens (tertiary/aromatic N) is 3. The van der Waals surface area contributed by atoms with Crippen LogP contribution in [0, 0.1) is 5.82 Å². The molecular weight excluding hydrogens is 572 g/mol. The van der Waals surface area contributed by atoms with Crippen LogP contribution in [0.25, 0.3) is 27.7 Å². The number of fused-ring (bicyclic) bond motifs is 1. The second-order valence-electron chi connectivity index (χ2n) is 10.3. The Morgan fingerprint density at radius 1 is 1.05 bits per heavy atom. The predicted octanol–water partition coefficient (Wildman–Crippen LogP) is 4.71. The summed E-state index contributed by atoms with van der Waals surface area (Å²) in [5, 5.41) is 2.77. The fraction of sp³-hybridized carbons (Fsp3) is 0.267. The first-order chi connectivity index (χ1) is 20.6. The number of nitrogens with one attached hydrogen (secondary N) is 1. The van der Waals surface area contributed by atoms with Gasteiger partial charge in [-0.3, -0.25) is 23.9 Å². The van der Waals surface area contributed by atoms with Crippen molar-refractivity contribution in [3.8, 4) is 22.6 Å². The molecule has 0 spiro atoms. The first kappa shape index (κ1) is 28.5. The fourth-order valence-corrected chi connectivity index (χ4v) is 5.33. The highest BCUT2D eigenvalue weighted by atomic mass is 19.4. The number of carbonyl (C=O) groups excluding carboxylic acids is 2. The molecule has 1 saturated heterocycles. The number of morpholine rings is 1. The van der Waals surface area contributed by atoms with Crippen molar-refractivity contribution < 1.29 is 36.6 Å². The van der Waals surface area contributed by atoms with Gasteiger partial charge in [0.1, 0.15) is 24.0 Å². The minimum Gasteiger partial charge on any atom is -0.404 e. The van der Waals surface area contributed by atoms with Gasteiger partial charge in [0.25, 0.3) is 5.56 Å². The van der Waals surface area contributed by atoms with Gasteiger partial charge in [0.15, 0.2) is 5.75 Å². The van der Waals surface area contributed by atoms with E-state index in [1.54, 1.807) is 0 Å². The largest absolute Gasteiger partial charge is 0.573 e. The molecule has 0 bridgehead atoms. The van der Waals surface area contributed by atoms with Gasteiger partial charge in [0, 0.05) is 24.2 Å². The van der Waals surface area contributed by atoms with Crippen LogP contribution < -0.4 is 15.6 Å². The molecule has 9 nitrogen and oxygen atoms in total. The van der Waals surface area contributed by atoms with Crippen LogP contribution in [0.15, 0.2) is 65.7 Å². The Labute approximate surface area is 241 Å². The minimum atomic E-state index is -5.02. The van der Waals surface area contributed by atoms with E-state index in [-0.39, 0.29) is 33.4 Å². The summed E-state index contributed by atoms with van der Waals surface area (Å²) in [6.07, 6.45) is -2.19. The van der Waals surface area contributed by atoms with Crippen molar-refractivity contribution in [2.45, 2.75) is 24.7 Å². The van der Waals surface area contributed by atoms with E-state index in [9.17, 15) is 31.9 Å². The summed E-state index contributed by atoms with van der Waals surface area (Å²) >= 11 is 0. The lowest BCUT2D eigenvalue weighted by atomic mass is 10.0. The van der Waals surface area contributed by atoms with E-state index in [1.807, 2.05) is 4.90 Å². The molecule has 1 amide bonds. The van der Waals surface area contributed by atoms with E-state index < -0.39 is 34.9 Å². The normalized spacial score (nSPS) is 16.6. The average Bonchev–Trinajstić information content (AvgIpc) is 3.80. The lowest BCUT2D eigenvalue weighted by Gasteiger charge is -2.34. The monoisotopic (exact) mass is 596 g/mol. The Kier molecular flexibility index (Phi) is 7.22. The lowest BCUT2D eigenvalue weighted by molar-refractivity contribution is -0.274. The van der Waals surface area contributed by atoms with Crippen LogP contribution in [0.3, 0.4) is 0 Å². The molecule has 0 atom stereocenters. The van der Waals surface area contributed by atoms with Gasteiger partial charge in [0.2, 0.25) is 5.91 Å². The predicted molar refractivity (Wildman–Crippen MR) is 148 cm³/mol. The van der Waals surface area contributed by atoms with E-state index in [0.29, 0.717) is 51.0 Å². The zero-order valence-electron chi connectivity index (χ0n) is 22.5. The molecular formula is C30H24F4N4O5. The summed E-state index contributed by atoms with van der Waals surface area (Å²) in [5.74, 6) is -1.71. The lowest BCUT2D eigenvalue weighted by Crippen LogP contribution is -2.51. The highest BCUT2D eigenvalue weighted by Crippen LogP contribution is 2.44. The number of hydrogen-bond acceptors (Lipinski definition) is 7. The Morgan fingerprint density at radius 2 is 1.81 bits per heavy atom. The smallest absolute Gasteiger partial charge is 0.404 e. The van der Waals surface area contributed by atoms with Crippen LogP contribution in [-0.2, 0) is 9.53 Å². The number of aldehydes is 1. The van der Waals surface area contributed by atoms with E-state index in [1.165, 1.54) is 48.8 Å². The molecule has 2 fully saturated rings. The van der Waals surface area contributed by atoms with E-state index in [0.717, 1.165) is 16.7 Å². The summed E-state index contributed by atoms with van der Waals surface area (Å²) < 4.78 is 64.9. The molecule has 1 aromatic heterocycles. The van der Waals surface area contributed by atoms with Crippen LogP contribution in [0.4, 0.5) is 23.2 Å². The molecule has 0 radical (unpaired) electrons. The molecule has 2 aliphatic rings. The summed E-state index contributed by atoms with van der Waals surface area (Å²) in [5.41, 5.74) is -0.424. The van der Waals surface area contributed by atoms with Crippen molar-refractivity contribution >= 4 is 28.8 Å². The van der Waals surface area contributed by atoms with Gasteiger partial charge >= 0.3 is 6.36 Å². The number of carbonyl (C=O) groups is 2. The van der Waals surface area contributed by atoms with Gasteiger partial charge in [-0.05, 0) is 54.8 Å². The van der Waals surface area contributed by atoms with Crippen LogP contribution in [0.2, 0.25) is 0 Å². The quantitative estimate of drug-likeness (QED) is 0.244. The summed E-state index contributed by atoms with van der Waals surface area (Å²) in [4.78, 5) is 44.0. The zero-order valence-corrected chi connectivity index (χ0v) is 22.5. The van der Waals surface area contributed by atoms with Gasteiger partial charge in [-0.15, -0.1) is 13.2 Å². The first-order valence-corrected chi connectivity index (χ1v) is 13.4. The van der Waals surface area contributed by atoms with Crippen molar-refractivity contribution in [1.82, 2.24) is 14.5 Å². The van der Waals surface area contributed by atoms with Gasteiger partial charge in [-0.1, -0.05) is 18.2 Å². The molecule has 1 N–H and O–H groups in total. The molecule has 2 heterocycles. The summed E-state index contributed by atoms with van der Waals surface area (Å²) in [6, 6.07) is 12.0. The Morgan fingerprint density at radius 3 is 2.49 bits per heavy atom. The second kappa shape index (κ2) is 10.9. The molecule has 1 saturated carbocycles. The number of alkyl halides is 3. The Balaban J connectivity index is 1.35. The van der Waals surface area contributed by atoms with Crippen molar-refractivity contribution in [2.24, 2.45) is 0 Å². The second-order valence-corrected chi connectivity index (χ2v) is 10.3. The first-order valence-electron chi connectivity index (χ1n) is 13.4. The number of anilines is 1. The average molecular weight is 597 g/mol. The Bertz CT molecular complexity index is 1800. The van der Waals surface area contributed by atoms with Gasteiger partial charge in [-0.2, -0.15) is 0 Å². The third-order valence-corrected chi connectivity index (χ3v) is 7.68. The molecule has 3 aromatic carbocycles. The number of halogens is 4. The van der Waals surface area contributed by atoms with Crippen molar-refractivity contribution in [3.63, 3.8) is 0 Å². The highest BCUT2D eigenvalue weighted by molar-refractivity contribution is 6.01. The molecule has 0 unspecified atom stereocenters. The fourth-order valence-electron chi connectivity index (χ4n) is 5.33. The van der Waals surface area contributed by atoms with Crippen LogP contribution >= 0.6 is 0 Å². The van der Waals surface area contributed by atoms with Gasteiger partial charge < -0.3 is 14.8 Å². The van der Waals surface area contributed by atoms with E-state index >= 15 is 0 Å². The van der Waals surface area contributed by atoms with Crippen molar-refractivity contribution in [3.05, 3.63) is 82.7 Å². The number of rotatable bonds is 7. The molecule has 4 aromatic rings. The molecule has 13 heteroatoms. The molecule has 6 rings (SSSR count). The molecule has 1 aliphatic carbocycles. The van der Waals surface area contributed by atoms with Gasteiger partial charge in [0.05, 0.1) is 35.5 Å². The standard InChI is InChI=1S/C30H24F4N4O5/c31-23-13-18(16-39)1-4-21(23)19-2-5-22-24(14-19)35-17-38(27(22)40)20-3-6-26(43-30(32,33)34)25(15-20)36-28(41)29(7-8-29)37-9-11-42-12-10-37/h1-6,13-17H,7-12H2,(H,36,41). The highest BCUT2D eigenvalue weighted by Gasteiger charge is 2.54. The van der Waals surface area contributed by atoms with Crippen LogP contribution in [-0.4, -0.2) is 64.8 Å². The Hall–Kier alpha value is -4.62. The minimum absolute atomic E-state index is 0.139. The summed E-state index contributed by atoms with van der Waals surface area (Å²) in [7, 11) is 0. The van der Waals surface area contributed by atoms with Crippen molar-refractivity contribution in [2.75, 3.05) is 31.6 Å². The third-order valence-electron chi connectivity index (χ3n) is 7.68. The molecule has 43 heavy (non-hydrogen) atoms. The topological polar surface area (TPSA) is 103 Å². The molecule has 222 valence electrons. The number of aromatic nitrogens is 2. The maximum atomic E-state index is 14.6. The number of hydrogen-bond donors (Lipinski definition) is 1. The van der Waals surface area contributed by atoms with Crippen LogP contribution in [0.5, 0.6) is 5.75 Å². The SMILES string of the molecule is O=Cc1ccc(-c2ccc3c(=O)n(-c4ccc(OC(F)(F)F)c(NC(=O)C5(N6CCOCC6)CC5)c4)cnc3c2)c(F)c1. The van der Waals surface area contributed by atoms with E-state index in [2.05, 4.69) is 15.0 Å². The third kappa shape index (κ3) is 5.60. The summed E-state index contributed by atoms with van der Waals surface area (Å²) in [6.45, 7) is 1.95. The van der Waals surface area contributed by atoms with E-state index in [4.69, 9.17) is 4.74 Å². The number of benzene rings is 3.